The number of carbonyl (C=O) groups is 1. The normalized spacial score (nSPS) is 15.6. The van der Waals surface area contributed by atoms with Gasteiger partial charge < -0.3 is 0 Å². The van der Waals surface area contributed by atoms with Crippen molar-refractivity contribution in [2.45, 2.75) is 26.2 Å². The lowest BCUT2D eigenvalue weighted by Crippen LogP contribution is -2.00. The molecule has 0 unspecified atom stereocenters. The lowest BCUT2D eigenvalue weighted by Gasteiger charge is -2.02. The molecular weight excluding hydrogens is 240 g/mol. The minimum absolute atomic E-state index is 0.285. The van der Waals surface area contributed by atoms with E-state index in [0.717, 1.165) is 16.5 Å². The number of Topliss-reactive ketones (excluding diaryl/α,β-unsaturated/α-hetero) is 1. The fraction of sp³-hybridized carbons (Fsp3) is 0.417. The molecule has 1 aliphatic carbocycles. The summed E-state index contributed by atoms with van der Waals surface area (Å²) >= 11 is 3.44. The molecule has 0 amide bonds. The maximum Gasteiger partial charge on any atom is 0.163 e. The fourth-order valence-corrected chi connectivity index (χ4v) is 1.85. The molecule has 74 valence electrons. The zero-order chi connectivity index (χ0) is 10.1. The van der Waals surface area contributed by atoms with Crippen molar-refractivity contribution in [1.29, 1.82) is 0 Å². The lowest BCUT2D eigenvalue weighted by atomic mass is 10.0. The van der Waals surface area contributed by atoms with Gasteiger partial charge >= 0.3 is 0 Å². The zero-order valence-electron chi connectivity index (χ0n) is 8.22. The topological polar surface area (TPSA) is 17.1 Å². The number of carbonyl (C=O) groups excluding carboxylic acids is 1. The van der Waals surface area contributed by atoms with Crippen LogP contribution < -0.4 is 0 Å². The van der Waals surface area contributed by atoms with Crippen LogP contribution in [0.2, 0.25) is 0 Å². The number of hydrogen-bond donors (Lipinski definition) is 0. The molecular formula is C12H13BrO. The Hall–Kier alpha value is -0.630. The van der Waals surface area contributed by atoms with E-state index < -0.39 is 0 Å². The number of ketones is 1. The number of rotatable bonds is 3. The van der Waals surface area contributed by atoms with E-state index in [9.17, 15) is 4.79 Å². The van der Waals surface area contributed by atoms with Crippen molar-refractivity contribution in [2.24, 2.45) is 5.92 Å². The predicted molar refractivity (Wildman–Crippen MR) is 60.6 cm³/mol. The van der Waals surface area contributed by atoms with Crippen LogP contribution in [0.1, 0.15) is 35.2 Å². The quantitative estimate of drug-likeness (QED) is 0.750. The van der Waals surface area contributed by atoms with Crippen molar-refractivity contribution in [3.8, 4) is 0 Å². The Balaban J connectivity index is 2.14. The van der Waals surface area contributed by atoms with Gasteiger partial charge in [-0.1, -0.05) is 28.1 Å². The summed E-state index contributed by atoms with van der Waals surface area (Å²) in [6.07, 6.45) is 3.20. The Morgan fingerprint density at radius 1 is 1.50 bits per heavy atom. The van der Waals surface area contributed by atoms with Gasteiger partial charge in [0.05, 0.1) is 0 Å². The van der Waals surface area contributed by atoms with Gasteiger partial charge in [0.25, 0.3) is 0 Å². The molecule has 0 saturated heterocycles. The first-order chi connectivity index (χ1) is 6.66. The van der Waals surface area contributed by atoms with Crippen molar-refractivity contribution in [3.63, 3.8) is 0 Å². The molecule has 1 fully saturated rings. The summed E-state index contributed by atoms with van der Waals surface area (Å²) in [7, 11) is 0. The summed E-state index contributed by atoms with van der Waals surface area (Å²) in [5, 5.41) is 0. The van der Waals surface area contributed by atoms with E-state index in [2.05, 4.69) is 15.9 Å². The van der Waals surface area contributed by atoms with Crippen molar-refractivity contribution in [3.05, 3.63) is 33.8 Å². The molecule has 0 N–H and O–H groups in total. The minimum Gasteiger partial charge on any atom is -0.294 e. The molecule has 2 heteroatoms. The van der Waals surface area contributed by atoms with Gasteiger partial charge in [-0.15, -0.1) is 0 Å². The number of halogens is 1. The van der Waals surface area contributed by atoms with E-state index in [0.29, 0.717) is 5.92 Å². The average Bonchev–Trinajstić information content (AvgIpc) is 2.93. The van der Waals surface area contributed by atoms with Crippen molar-refractivity contribution < 1.29 is 4.79 Å². The first kappa shape index (κ1) is 9.91. The molecule has 0 heterocycles. The number of benzene rings is 1. The molecule has 0 aliphatic heterocycles. The highest BCUT2D eigenvalue weighted by atomic mass is 79.9. The molecule has 1 aromatic rings. The molecule has 0 spiro atoms. The van der Waals surface area contributed by atoms with Gasteiger partial charge in [-0.3, -0.25) is 4.79 Å². The molecule has 2 rings (SSSR count). The monoisotopic (exact) mass is 252 g/mol. The largest absolute Gasteiger partial charge is 0.294 e. The highest BCUT2D eigenvalue weighted by molar-refractivity contribution is 9.10. The highest BCUT2D eigenvalue weighted by Gasteiger charge is 2.24. The van der Waals surface area contributed by atoms with Gasteiger partial charge in [-0.25, -0.2) is 0 Å². The van der Waals surface area contributed by atoms with Crippen LogP contribution >= 0.6 is 15.9 Å². The highest BCUT2D eigenvalue weighted by Crippen LogP contribution is 2.33. The van der Waals surface area contributed by atoms with Gasteiger partial charge in [-0.2, -0.15) is 0 Å². The van der Waals surface area contributed by atoms with Crippen LogP contribution in [0.5, 0.6) is 0 Å². The maximum atomic E-state index is 11.7. The Bertz CT molecular complexity index is 367. The maximum absolute atomic E-state index is 11.7. The second-order valence-electron chi connectivity index (χ2n) is 4.03. The summed E-state index contributed by atoms with van der Waals surface area (Å²) in [4.78, 5) is 11.7. The van der Waals surface area contributed by atoms with Crippen LogP contribution in [0.15, 0.2) is 22.7 Å². The van der Waals surface area contributed by atoms with E-state index in [1.807, 2.05) is 25.1 Å². The van der Waals surface area contributed by atoms with E-state index in [-0.39, 0.29) is 5.78 Å². The molecule has 1 nitrogen and oxygen atoms in total. The Labute approximate surface area is 92.6 Å². The van der Waals surface area contributed by atoms with Crippen LogP contribution in [0.4, 0.5) is 0 Å². The van der Waals surface area contributed by atoms with Crippen LogP contribution in [0, 0.1) is 12.8 Å². The molecule has 0 radical (unpaired) electrons. The third kappa shape index (κ3) is 2.24. The second-order valence-corrected chi connectivity index (χ2v) is 4.89. The van der Waals surface area contributed by atoms with E-state index >= 15 is 0 Å². The van der Waals surface area contributed by atoms with Crippen molar-refractivity contribution in [2.75, 3.05) is 0 Å². The van der Waals surface area contributed by atoms with E-state index in [1.54, 1.807) is 0 Å². The SMILES string of the molecule is Cc1ccc(C(=O)CC2CC2)cc1Br. The van der Waals surface area contributed by atoms with E-state index in [1.165, 1.54) is 18.4 Å². The van der Waals surface area contributed by atoms with Crippen molar-refractivity contribution >= 4 is 21.7 Å². The summed E-state index contributed by atoms with van der Waals surface area (Å²) in [5.74, 6) is 0.954. The summed E-state index contributed by atoms with van der Waals surface area (Å²) in [5.41, 5.74) is 2.02. The third-order valence-corrected chi connectivity index (χ3v) is 3.52. The summed E-state index contributed by atoms with van der Waals surface area (Å²) < 4.78 is 1.03. The molecule has 0 atom stereocenters. The van der Waals surface area contributed by atoms with Gasteiger partial charge in [0.15, 0.2) is 5.78 Å². The Kier molecular flexibility index (Phi) is 2.73. The molecule has 0 aromatic heterocycles. The number of aryl methyl sites for hydroxylation is 1. The summed E-state index contributed by atoms with van der Waals surface area (Å²) in [6, 6.07) is 5.84. The summed E-state index contributed by atoms with van der Waals surface area (Å²) in [6.45, 7) is 2.03. The molecule has 1 aliphatic rings. The fourth-order valence-electron chi connectivity index (χ4n) is 1.47. The first-order valence-corrected chi connectivity index (χ1v) is 5.75. The van der Waals surface area contributed by atoms with Crippen LogP contribution in [-0.4, -0.2) is 5.78 Å². The standard InChI is InChI=1S/C12H13BrO/c1-8-2-5-10(7-11(8)13)12(14)6-9-3-4-9/h2,5,7,9H,3-4,6H2,1H3. The first-order valence-electron chi connectivity index (χ1n) is 4.96. The van der Waals surface area contributed by atoms with Crippen LogP contribution in [0.3, 0.4) is 0 Å². The van der Waals surface area contributed by atoms with Crippen molar-refractivity contribution in [1.82, 2.24) is 0 Å². The smallest absolute Gasteiger partial charge is 0.163 e. The van der Waals surface area contributed by atoms with Gasteiger partial charge in [0, 0.05) is 16.5 Å². The Morgan fingerprint density at radius 3 is 2.79 bits per heavy atom. The lowest BCUT2D eigenvalue weighted by molar-refractivity contribution is 0.0976. The zero-order valence-corrected chi connectivity index (χ0v) is 9.80. The van der Waals surface area contributed by atoms with Crippen LogP contribution in [-0.2, 0) is 0 Å². The second kappa shape index (κ2) is 3.85. The molecule has 14 heavy (non-hydrogen) atoms. The molecule has 1 saturated carbocycles. The predicted octanol–water partition coefficient (Wildman–Crippen LogP) is 3.74. The molecule has 0 bridgehead atoms. The number of hydrogen-bond acceptors (Lipinski definition) is 1. The van der Waals surface area contributed by atoms with Gasteiger partial charge in [0.2, 0.25) is 0 Å². The Morgan fingerprint density at radius 2 is 2.21 bits per heavy atom. The average molecular weight is 253 g/mol. The van der Waals surface area contributed by atoms with E-state index in [4.69, 9.17) is 0 Å². The van der Waals surface area contributed by atoms with Crippen LogP contribution in [0.25, 0.3) is 0 Å². The minimum atomic E-state index is 0.285. The van der Waals surface area contributed by atoms with Gasteiger partial charge in [0.1, 0.15) is 0 Å². The van der Waals surface area contributed by atoms with Gasteiger partial charge in [-0.05, 0) is 37.3 Å². The third-order valence-electron chi connectivity index (χ3n) is 2.66. The molecule has 1 aromatic carbocycles.